The summed E-state index contributed by atoms with van der Waals surface area (Å²) in [6, 6.07) is 5.68. The van der Waals surface area contributed by atoms with E-state index in [1.165, 1.54) is 6.92 Å². The summed E-state index contributed by atoms with van der Waals surface area (Å²) in [5.74, 6) is 1.28. The van der Waals surface area contributed by atoms with Crippen molar-refractivity contribution in [1.29, 1.82) is 0 Å². The van der Waals surface area contributed by atoms with Crippen molar-refractivity contribution in [2.45, 2.75) is 39.0 Å². The zero-order chi connectivity index (χ0) is 18.9. The molecular weight excluding hydrogens is 336 g/mol. The monoisotopic (exact) mass is 366 g/mol. The van der Waals surface area contributed by atoms with Crippen LogP contribution in [0.4, 0.5) is 5.69 Å². The second kappa shape index (κ2) is 10.2. The Morgan fingerprint density at radius 2 is 2.04 bits per heavy atom. The van der Waals surface area contributed by atoms with Gasteiger partial charge in [0, 0.05) is 24.8 Å². The first kappa shape index (κ1) is 21.2. The van der Waals surface area contributed by atoms with Gasteiger partial charge in [-0.25, -0.2) is 4.99 Å². The van der Waals surface area contributed by atoms with E-state index in [1.807, 2.05) is 36.9 Å². The maximum atomic E-state index is 11.3. The number of carbonyl (C=O) groups excluding carboxylic acids is 1. The highest BCUT2D eigenvalue weighted by Gasteiger charge is 2.16. The summed E-state index contributed by atoms with van der Waals surface area (Å²) in [5, 5.41) is 9.41. The minimum Gasteiger partial charge on any atom is -0.495 e. The molecule has 0 heterocycles. The topological polar surface area (TPSA) is 74.8 Å². The van der Waals surface area contributed by atoms with Gasteiger partial charge < -0.3 is 20.7 Å². The van der Waals surface area contributed by atoms with Crippen LogP contribution in [0.5, 0.6) is 5.75 Å². The highest BCUT2D eigenvalue weighted by Crippen LogP contribution is 2.25. The van der Waals surface area contributed by atoms with Crippen molar-refractivity contribution in [2.24, 2.45) is 4.99 Å². The van der Waals surface area contributed by atoms with Crippen molar-refractivity contribution < 1.29 is 9.53 Å². The van der Waals surface area contributed by atoms with Gasteiger partial charge in [-0.05, 0) is 44.7 Å². The van der Waals surface area contributed by atoms with Crippen LogP contribution in [-0.4, -0.2) is 43.1 Å². The molecule has 0 radical (unpaired) electrons. The normalized spacial score (nSPS) is 11.8. The van der Waals surface area contributed by atoms with Crippen LogP contribution < -0.4 is 20.7 Å². The van der Waals surface area contributed by atoms with Crippen LogP contribution in [-0.2, 0) is 11.3 Å². The maximum Gasteiger partial charge on any atom is 0.221 e. The van der Waals surface area contributed by atoms with E-state index in [1.54, 1.807) is 7.11 Å². The molecule has 140 valence electrons. The van der Waals surface area contributed by atoms with Crippen molar-refractivity contribution in [3.63, 3.8) is 0 Å². The second-order valence-electron chi connectivity index (χ2n) is 6.23. The Bertz CT molecular complexity index is 603. The Kier molecular flexibility index (Phi) is 8.61. The number of amides is 1. The number of hydrogen-bond donors (Lipinski definition) is 3. The largest absolute Gasteiger partial charge is 0.495 e. The Hall–Kier alpha value is -1.89. The Morgan fingerprint density at radius 1 is 1.32 bits per heavy atom. The number of anilines is 1. The average molecular weight is 367 g/mol. The summed E-state index contributed by atoms with van der Waals surface area (Å²) in [4.78, 5) is 16.0. The molecule has 0 unspecified atom stereocenters. The third-order valence-electron chi connectivity index (χ3n) is 3.57. The minimum atomic E-state index is -0.131. The molecular formula is C18H30N4O2S. The van der Waals surface area contributed by atoms with E-state index in [9.17, 15) is 4.79 Å². The summed E-state index contributed by atoms with van der Waals surface area (Å²) in [6.07, 6.45) is 2.10. The predicted molar refractivity (Wildman–Crippen MR) is 108 cm³/mol. The van der Waals surface area contributed by atoms with Crippen LogP contribution in [0.15, 0.2) is 23.2 Å². The first-order valence-corrected chi connectivity index (χ1v) is 9.55. The number of nitrogens with zero attached hydrogens (tertiary/aromatic N) is 1. The van der Waals surface area contributed by atoms with Gasteiger partial charge in [0.15, 0.2) is 5.96 Å². The van der Waals surface area contributed by atoms with Crippen molar-refractivity contribution in [3.05, 3.63) is 23.8 Å². The second-order valence-corrected chi connectivity index (χ2v) is 7.74. The minimum absolute atomic E-state index is 0.131. The highest BCUT2D eigenvalue weighted by atomic mass is 32.2. The number of hydrogen-bond acceptors (Lipinski definition) is 4. The van der Waals surface area contributed by atoms with Gasteiger partial charge in [-0.1, -0.05) is 6.07 Å². The molecule has 0 atom stereocenters. The van der Waals surface area contributed by atoms with E-state index in [4.69, 9.17) is 4.74 Å². The van der Waals surface area contributed by atoms with Gasteiger partial charge in [0.1, 0.15) is 5.75 Å². The number of guanidine groups is 1. The number of aliphatic imine (C=N–C) groups is 1. The van der Waals surface area contributed by atoms with Gasteiger partial charge in [0.05, 0.1) is 19.3 Å². The van der Waals surface area contributed by atoms with Gasteiger partial charge in [-0.15, -0.1) is 0 Å². The number of benzene rings is 1. The van der Waals surface area contributed by atoms with Crippen molar-refractivity contribution >= 4 is 29.3 Å². The van der Waals surface area contributed by atoms with Crippen molar-refractivity contribution in [1.82, 2.24) is 10.6 Å². The molecule has 1 rings (SSSR count). The van der Waals surface area contributed by atoms with E-state index >= 15 is 0 Å². The van der Waals surface area contributed by atoms with Crippen LogP contribution in [0.25, 0.3) is 0 Å². The molecule has 1 amide bonds. The summed E-state index contributed by atoms with van der Waals surface area (Å²) in [5.41, 5.74) is 1.65. The molecule has 0 saturated heterocycles. The lowest BCUT2D eigenvalue weighted by molar-refractivity contribution is -0.114. The molecule has 0 spiro atoms. The van der Waals surface area contributed by atoms with Crippen molar-refractivity contribution in [2.75, 3.05) is 31.8 Å². The lowest BCUT2D eigenvalue weighted by atomic mass is 10.2. The number of nitrogens with one attached hydrogen (secondary N) is 3. The number of carbonyl (C=O) groups is 1. The van der Waals surface area contributed by atoms with Gasteiger partial charge in [0.2, 0.25) is 5.91 Å². The van der Waals surface area contributed by atoms with E-state index in [-0.39, 0.29) is 10.7 Å². The highest BCUT2D eigenvalue weighted by molar-refractivity contribution is 7.99. The van der Waals surface area contributed by atoms with Gasteiger partial charge >= 0.3 is 0 Å². The first-order valence-electron chi connectivity index (χ1n) is 8.33. The molecule has 0 aliphatic rings. The van der Waals surface area contributed by atoms with Crippen molar-refractivity contribution in [3.8, 4) is 5.75 Å². The standard InChI is InChI=1S/C18H30N4O2S/c1-7-19-17(21-12-18(3,4)25-6)20-11-14-8-9-16(24-5)15(10-14)22-13(2)23/h8-10H,7,11-12H2,1-6H3,(H,22,23)(H2,19,20,21). The summed E-state index contributed by atoms with van der Waals surface area (Å²) in [6.45, 7) is 10.0. The maximum absolute atomic E-state index is 11.3. The van der Waals surface area contributed by atoms with Crippen LogP contribution >= 0.6 is 11.8 Å². The molecule has 0 fully saturated rings. The Balaban J connectivity index is 2.85. The molecule has 7 heteroatoms. The Labute approximate surface area is 155 Å². The third kappa shape index (κ3) is 7.69. The van der Waals surface area contributed by atoms with E-state index in [0.717, 1.165) is 24.6 Å². The van der Waals surface area contributed by atoms with E-state index < -0.39 is 0 Å². The molecule has 0 aliphatic carbocycles. The van der Waals surface area contributed by atoms with Crippen LogP contribution in [0.3, 0.4) is 0 Å². The SMILES string of the molecule is CCNC(=NCc1ccc(OC)c(NC(C)=O)c1)NCC(C)(C)SC. The lowest BCUT2D eigenvalue weighted by Gasteiger charge is -2.23. The zero-order valence-corrected chi connectivity index (χ0v) is 16.8. The predicted octanol–water partition coefficient (Wildman–Crippen LogP) is 2.85. The number of thioether (sulfide) groups is 1. The quantitative estimate of drug-likeness (QED) is 0.487. The zero-order valence-electron chi connectivity index (χ0n) is 16.0. The number of rotatable bonds is 8. The van der Waals surface area contributed by atoms with Gasteiger partial charge in [-0.2, -0.15) is 11.8 Å². The molecule has 0 aliphatic heterocycles. The molecule has 3 N–H and O–H groups in total. The molecule has 0 bridgehead atoms. The Morgan fingerprint density at radius 3 is 2.60 bits per heavy atom. The first-order chi connectivity index (χ1) is 11.8. The fraction of sp³-hybridized carbons (Fsp3) is 0.556. The molecule has 0 aromatic heterocycles. The molecule has 1 aromatic rings. The fourth-order valence-corrected chi connectivity index (χ4v) is 2.24. The summed E-state index contributed by atoms with van der Waals surface area (Å²) in [7, 11) is 1.58. The molecule has 1 aromatic carbocycles. The summed E-state index contributed by atoms with van der Waals surface area (Å²) >= 11 is 1.81. The lowest BCUT2D eigenvalue weighted by Crippen LogP contribution is -2.43. The number of methoxy groups -OCH3 is 1. The number of ether oxygens (including phenoxy) is 1. The summed E-state index contributed by atoms with van der Waals surface area (Å²) < 4.78 is 5.41. The van der Waals surface area contributed by atoms with E-state index in [2.05, 4.69) is 41.0 Å². The van der Waals surface area contributed by atoms with Gasteiger partial charge in [0.25, 0.3) is 0 Å². The third-order valence-corrected chi connectivity index (χ3v) is 4.82. The van der Waals surface area contributed by atoms with Crippen LogP contribution in [0.1, 0.15) is 33.3 Å². The average Bonchev–Trinajstić information content (AvgIpc) is 2.57. The van der Waals surface area contributed by atoms with E-state index in [0.29, 0.717) is 18.0 Å². The molecule has 6 nitrogen and oxygen atoms in total. The van der Waals surface area contributed by atoms with Crippen LogP contribution in [0, 0.1) is 0 Å². The molecule has 25 heavy (non-hydrogen) atoms. The molecule has 0 saturated carbocycles. The fourth-order valence-electron chi connectivity index (χ4n) is 2.02. The smallest absolute Gasteiger partial charge is 0.221 e. The van der Waals surface area contributed by atoms with Gasteiger partial charge in [-0.3, -0.25) is 4.79 Å². The van der Waals surface area contributed by atoms with Crippen LogP contribution in [0.2, 0.25) is 0 Å².